The van der Waals surface area contributed by atoms with Crippen LogP contribution in [0.1, 0.15) is 18.4 Å². The van der Waals surface area contributed by atoms with E-state index in [1.54, 1.807) is 0 Å². The zero-order valence-corrected chi connectivity index (χ0v) is 18.0. The van der Waals surface area contributed by atoms with Crippen molar-refractivity contribution in [3.05, 3.63) is 60.2 Å². The number of carboxylic acid groups (broad SMARTS) is 1. The Morgan fingerprint density at radius 3 is 2.19 bits per heavy atom. The highest BCUT2D eigenvalue weighted by atomic mass is 32.2. The summed E-state index contributed by atoms with van der Waals surface area (Å²) in [5.41, 5.74) is 2.60. The van der Waals surface area contributed by atoms with Crippen LogP contribution in [0.3, 0.4) is 0 Å². The average Bonchev–Trinajstić information content (AvgIpc) is 2.68. The third-order valence-corrected chi connectivity index (χ3v) is 6.86. The normalized spacial score (nSPS) is 17.5. The second-order valence-electron chi connectivity index (χ2n) is 7.35. The Hall–Kier alpha value is -2.59. The van der Waals surface area contributed by atoms with Gasteiger partial charge in [0.1, 0.15) is 0 Å². The lowest BCUT2D eigenvalue weighted by molar-refractivity contribution is -0.192. The maximum absolute atomic E-state index is 13.3. The van der Waals surface area contributed by atoms with E-state index in [1.165, 1.54) is 4.31 Å². The van der Waals surface area contributed by atoms with Gasteiger partial charge in [-0.15, -0.1) is 0 Å². The van der Waals surface area contributed by atoms with E-state index >= 15 is 0 Å². The van der Waals surface area contributed by atoms with E-state index in [0.29, 0.717) is 18.5 Å². The summed E-state index contributed by atoms with van der Waals surface area (Å²) in [7, 11) is 0.616. The lowest BCUT2D eigenvalue weighted by Crippen LogP contribution is -2.41. The first-order valence-electron chi connectivity index (χ1n) is 9.56. The zero-order valence-electron chi connectivity index (χ0n) is 17.2. The number of hydrogen-bond acceptors (Lipinski definition) is 4. The molecule has 0 radical (unpaired) electrons. The standard InChI is InChI=1S/C19H24N2O2S.C2HF3O2/c1-20(2)14-8-12-18-15-16-9-6-7-13-19(16)21(24(18,22)23)17-10-4-3-5-11-17;3-2(4,5)1(6)7/h3-7,9-11,13,18H,8,12,14-15H2,1-2H3;(H,6,7). The van der Waals surface area contributed by atoms with Crippen molar-refractivity contribution < 1.29 is 31.5 Å². The fourth-order valence-corrected chi connectivity index (χ4v) is 5.27. The molecule has 2 aromatic carbocycles. The van der Waals surface area contributed by atoms with Crippen LogP contribution in [0.15, 0.2) is 54.6 Å². The Morgan fingerprint density at radius 2 is 1.65 bits per heavy atom. The van der Waals surface area contributed by atoms with Crippen LogP contribution in [-0.4, -0.2) is 56.5 Å². The van der Waals surface area contributed by atoms with Crippen LogP contribution in [-0.2, 0) is 21.2 Å². The molecule has 1 atom stereocenters. The van der Waals surface area contributed by atoms with Crippen LogP contribution in [0.4, 0.5) is 24.5 Å². The van der Waals surface area contributed by atoms with Crippen LogP contribution in [0, 0.1) is 0 Å². The number of nitrogens with zero attached hydrogens (tertiary/aromatic N) is 2. The summed E-state index contributed by atoms with van der Waals surface area (Å²) < 4.78 is 59.8. The topological polar surface area (TPSA) is 77.9 Å². The molecule has 1 aliphatic rings. The molecule has 0 amide bonds. The second-order valence-corrected chi connectivity index (χ2v) is 9.41. The first-order valence-corrected chi connectivity index (χ1v) is 11.1. The van der Waals surface area contributed by atoms with Gasteiger partial charge in [0.15, 0.2) is 0 Å². The van der Waals surface area contributed by atoms with E-state index in [-0.39, 0.29) is 5.25 Å². The quantitative estimate of drug-likeness (QED) is 0.731. The lowest BCUT2D eigenvalue weighted by atomic mass is 10.0. The van der Waals surface area contributed by atoms with E-state index in [4.69, 9.17) is 9.90 Å². The van der Waals surface area contributed by atoms with Gasteiger partial charge < -0.3 is 10.0 Å². The first-order chi connectivity index (χ1) is 14.4. The number of alkyl halides is 3. The van der Waals surface area contributed by atoms with Gasteiger partial charge in [0.05, 0.1) is 16.6 Å². The number of benzene rings is 2. The zero-order chi connectivity index (χ0) is 23.2. The van der Waals surface area contributed by atoms with Crippen LogP contribution in [0.5, 0.6) is 0 Å². The van der Waals surface area contributed by atoms with E-state index < -0.39 is 22.2 Å². The van der Waals surface area contributed by atoms with E-state index in [2.05, 4.69) is 4.90 Å². The van der Waals surface area contributed by atoms with Gasteiger partial charge >= 0.3 is 12.1 Å². The highest BCUT2D eigenvalue weighted by molar-refractivity contribution is 7.93. The van der Waals surface area contributed by atoms with Crippen LogP contribution < -0.4 is 4.31 Å². The Bertz CT molecular complexity index is 980. The number of hydrogen-bond donors (Lipinski definition) is 1. The third kappa shape index (κ3) is 6.44. The number of halogens is 3. The molecule has 6 nitrogen and oxygen atoms in total. The smallest absolute Gasteiger partial charge is 0.475 e. The number of aliphatic carboxylic acids is 1. The molecule has 0 aromatic heterocycles. The second kappa shape index (κ2) is 10.1. The van der Waals surface area contributed by atoms with E-state index in [1.807, 2.05) is 68.7 Å². The molecule has 0 bridgehead atoms. The largest absolute Gasteiger partial charge is 0.490 e. The molecule has 0 saturated heterocycles. The molecular formula is C21H25F3N2O4S. The van der Waals surface area contributed by atoms with Crippen molar-refractivity contribution in [2.75, 3.05) is 24.9 Å². The minimum absolute atomic E-state index is 0.368. The fourth-order valence-electron chi connectivity index (χ4n) is 3.25. The number of rotatable bonds is 5. The van der Waals surface area contributed by atoms with Gasteiger partial charge in [-0.25, -0.2) is 17.5 Å². The summed E-state index contributed by atoms with van der Waals surface area (Å²) >= 11 is 0. The summed E-state index contributed by atoms with van der Waals surface area (Å²) in [4.78, 5) is 11.0. The number of fused-ring (bicyclic) bond motifs is 1. The van der Waals surface area contributed by atoms with E-state index in [0.717, 1.165) is 24.2 Å². The van der Waals surface area contributed by atoms with Gasteiger partial charge in [-0.2, -0.15) is 13.2 Å². The van der Waals surface area contributed by atoms with Gasteiger partial charge in [-0.3, -0.25) is 0 Å². The van der Waals surface area contributed by atoms with Crippen LogP contribution in [0.25, 0.3) is 0 Å². The molecule has 0 aliphatic carbocycles. The Kier molecular flexibility index (Phi) is 8.08. The minimum atomic E-state index is -5.08. The van der Waals surface area contributed by atoms with Crippen molar-refractivity contribution in [1.29, 1.82) is 0 Å². The molecule has 1 N–H and O–H groups in total. The number of sulfonamides is 1. The van der Waals surface area contributed by atoms with Crippen LogP contribution in [0.2, 0.25) is 0 Å². The Morgan fingerprint density at radius 1 is 1.10 bits per heavy atom. The van der Waals surface area contributed by atoms with Gasteiger partial charge in [-0.05, 0) is 63.7 Å². The predicted molar refractivity (Wildman–Crippen MR) is 113 cm³/mol. The summed E-state index contributed by atoms with van der Waals surface area (Å²) in [5.74, 6) is -2.76. The molecular weight excluding hydrogens is 433 g/mol. The Balaban J connectivity index is 0.000000423. The summed E-state index contributed by atoms with van der Waals surface area (Å²) in [5, 5.41) is 6.76. The fraction of sp³-hybridized carbons (Fsp3) is 0.381. The highest BCUT2D eigenvalue weighted by Gasteiger charge is 2.39. The van der Waals surface area contributed by atoms with Gasteiger partial charge in [0.2, 0.25) is 10.0 Å². The average molecular weight is 459 g/mol. The van der Waals surface area contributed by atoms with Crippen molar-refractivity contribution in [2.24, 2.45) is 0 Å². The van der Waals surface area contributed by atoms with Gasteiger partial charge in [-0.1, -0.05) is 36.4 Å². The van der Waals surface area contributed by atoms with Gasteiger partial charge in [0, 0.05) is 0 Å². The summed E-state index contributed by atoms with van der Waals surface area (Å²) in [6.07, 6.45) is -2.94. The number of carbonyl (C=O) groups is 1. The molecule has 1 aliphatic heterocycles. The SMILES string of the molecule is CN(C)CCCC1Cc2ccccc2N(c2ccccc2)S1(=O)=O.O=C(O)C(F)(F)F. The molecule has 3 rings (SSSR count). The van der Waals surface area contributed by atoms with Crippen molar-refractivity contribution in [3.8, 4) is 0 Å². The predicted octanol–water partition coefficient (Wildman–Crippen LogP) is 4.05. The lowest BCUT2D eigenvalue weighted by Gasteiger charge is -2.35. The number of anilines is 2. The molecule has 170 valence electrons. The molecule has 10 heteroatoms. The molecule has 0 spiro atoms. The summed E-state index contributed by atoms with van der Waals surface area (Å²) in [6.45, 7) is 0.902. The first kappa shape index (κ1) is 24.7. The minimum Gasteiger partial charge on any atom is -0.475 e. The summed E-state index contributed by atoms with van der Waals surface area (Å²) in [6, 6.07) is 17.2. The number of carboxylic acids is 1. The molecule has 1 heterocycles. The van der Waals surface area contributed by atoms with Crippen molar-refractivity contribution >= 4 is 27.4 Å². The molecule has 1 unspecified atom stereocenters. The highest BCUT2D eigenvalue weighted by Crippen LogP contribution is 2.39. The molecule has 2 aromatic rings. The van der Waals surface area contributed by atoms with Crippen molar-refractivity contribution in [2.45, 2.75) is 30.7 Å². The van der Waals surface area contributed by atoms with Crippen LogP contribution >= 0.6 is 0 Å². The maximum Gasteiger partial charge on any atom is 0.490 e. The monoisotopic (exact) mass is 458 g/mol. The number of para-hydroxylation sites is 2. The maximum atomic E-state index is 13.3. The molecule has 31 heavy (non-hydrogen) atoms. The molecule has 0 saturated carbocycles. The van der Waals surface area contributed by atoms with Crippen molar-refractivity contribution in [3.63, 3.8) is 0 Å². The molecule has 0 fully saturated rings. The van der Waals surface area contributed by atoms with Crippen molar-refractivity contribution in [1.82, 2.24) is 4.90 Å². The van der Waals surface area contributed by atoms with Gasteiger partial charge in [0.25, 0.3) is 0 Å². The van der Waals surface area contributed by atoms with E-state index in [9.17, 15) is 21.6 Å². The third-order valence-electron chi connectivity index (χ3n) is 4.70. The Labute approximate surface area is 180 Å².